The lowest BCUT2D eigenvalue weighted by Crippen LogP contribution is -2.11. The predicted octanol–water partition coefficient (Wildman–Crippen LogP) is 5.34. The molecule has 0 aliphatic heterocycles. The minimum Gasteiger partial charge on any atom is -0.397 e. The number of nitrogens with two attached hydrogens (primary N) is 1. The van der Waals surface area contributed by atoms with Crippen molar-refractivity contribution in [3.63, 3.8) is 0 Å². The Hall–Kier alpha value is -4.48. The first kappa shape index (κ1) is 22.0. The van der Waals surface area contributed by atoms with Crippen molar-refractivity contribution in [2.45, 2.75) is 6.54 Å². The Balaban J connectivity index is 1.21. The van der Waals surface area contributed by atoms with Gasteiger partial charge >= 0.3 is 0 Å². The van der Waals surface area contributed by atoms with Gasteiger partial charge in [-0.15, -0.1) is 11.3 Å². The molecule has 6 aromatic rings. The number of rotatable bonds is 7. The molecular formula is C25H20N8OS2. The molecule has 0 aliphatic carbocycles. The van der Waals surface area contributed by atoms with Gasteiger partial charge in [0.05, 0.1) is 50.9 Å². The van der Waals surface area contributed by atoms with Crippen molar-refractivity contribution in [1.82, 2.24) is 23.9 Å². The van der Waals surface area contributed by atoms with Crippen molar-refractivity contribution in [3.05, 3.63) is 96.3 Å². The van der Waals surface area contributed by atoms with Gasteiger partial charge in [-0.05, 0) is 36.4 Å². The maximum Gasteiger partial charge on any atom is 0.265 e. The van der Waals surface area contributed by atoms with E-state index in [0.29, 0.717) is 22.8 Å². The predicted molar refractivity (Wildman–Crippen MR) is 144 cm³/mol. The summed E-state index contributed by atoms with van der Waals surface area (Å²) in [5.74, 6) is -0.207. The number of nitrogen functional groups attached to an aromatic ring is 1. The number of carbonyl (C=O) groups excluding carboxylic acids is 1. The highest BCUT2D eigenvalue weighted by Gasteiger charge is 2.15. The SMILES string of the molecule is Nc1ccccc1NC(=O)c1ccc(Nc2ncc(-c3cnc4cccc(Cn5ccnc5)n34)s2)s1. The molecule has 0 spiro atoms. The Morgan fingerprint density at radius 2 is 1.92 bits per heavy atom. The quantitative estimate of drug-likeness (QED) is 0.249. The number of nitrogens with one attached hydrogen (secondary N) is 2. The third-order valence-electron chi connectivity index (χ3n) is 5.54. The van der Waals surface area contributed by atoms with Crippen LogP contribution in [0.25, 0.3) is 16.2 Å². The van der Waals surface area contributed by atoms with E-state index in [0.717, 1.165) is 32.0 Å². The molecule has 0 unspecified atom stereocenters. The second-order valence-corrected chi connectivity index (χ2v) is 10.1. The van der Waals surface area contributed by atoms with Crippen LogP contribution in [0.1, 0.15) is 15.4 Å². The van der Waals surface area contributed by atoms with Crippen LogP contribution >= 0.6 is 22.7 Å². The number of benzene rings is 1. The van der Waals surface area contributed by atoms with Crippen molar-refractivity contribution in [3.8, 4) is 10.6 Å². The summed E-state index contributed by atoms with van der Waals surface area (Å²) in [6.45, 7) is 0.680. The normalized spacial score (nSPS) is 11.1. The number of aromatic nitrogens is 5. The smallest absolute Gasteiger partial charge is 0.265 e. The van der Waals surface area contributed by atoms with Gasteiger partial charge in [0.15, 0.2) is 5.13 Å². The number of thiazole rings is 1. The van der Waals surface area contributed by atoms with Crippen molar-refractivity contribution in [2.24, 2.45) is 0 Å². The van der Waals surface area contributed by atoms with E-state index in [9.17, 15) is 4.79 Å². The van der Waals surface area contributed by atoms with Crippen LogP contribution in [0.3, 0.4) is 0 Å². The van der Waals surface area contributed by atoms with Gasteiger partial charge in [-0.1, -0.05) is 29.5 Å². The number of carbonyl (C=O) groups is 1. The Labute approximate surface area is 213 Å². The summed E-state index contributed by atoms with van der Waals surface area (Å²) in [6.07, 6.45) is 9.21. The second-order valence-electron chi connectivity index (χ2n) is 7.95. The third kappa shape index (κ3) is 4.32. The highest BCUT2D eigenvalue weighted by molar-refractivity contribution is 7.20. The molecule has 6 rings (SSSR count). The lowest BCUT2D eigenvalue weighted by molar-refractivity contribution is 0.103. The lowest BCUT2D eigenvalue weighted by atomic mass is 10.2. The topological polar surface area (TPSA) is 115 Å². The van der Waals surface area contributed by atoms with Gasteiger partial charge in [-0.3, -0.25) is 9.20 Å². The molecule has 1 aromatic carbocycles. The fourth-order valence-corrected chi connectivity index (χ4v) is 5.54. The average Bonchev–Trinajstić information content (AvgIpc) is 3.68. The van der Waals surface area contributed by atoms with E-state index in [1.165, 1.54) is 22.7 Å². The Morgan fingerprint density at radius 1 is 1.00 bits per heavy atom. The van der Waals surface area contributed by atoms with Gasteiger partial charge in [0.25, 0.3) is 5.91 Å². The first-order chi connectivity index (χ1) is 17.6. The van der Waals surface area contributed by atoms with Crippen LogP contribution in [0, 0.1) is 0 Å². The van der Waals surface area contributed by atoms with Gasteiger partial charge in [0.2, 0.25) is 0 Å². The monoisotopic (exact) mass is 512 g/mol. The molecule has 0 saturated carbocycles. The number of thiophene rings is 1. The fourth-order valence-electron chi connectivity index (χ4n) is 3.85. The lowest BCUT2D eigenvalue weighted by Gasteiger charge is -2.08. The summed E-state index contributed by atoms with van der Waals surface area (Å²) >= 11 is 2.88. The van der Waals surface area contributed by atoms with E-state index in [-0.39, 0.29) is 5.91 Å². The zero-order valence-electron chi connectivity index (χ0n) is 18.8. The maximum absolute atomic E-state index is 12.6. The molecule has 0 bridgehead atoms. The van der Waals surface area contributed by atoms with E-state index in [2.05, 4.69) is 36.1 Å². The molecule has 5 aromatic heterocycles. The van der Waals surface area contributed by atoms with Crippen LogP contribution in [-0.2, 0) is 6.54 Å². The molecule has 0 radical (unpaired) electrons. The number of hydrogen-bond donors (Lipinski definition) is 3. The van der Waals surface area contributed by atoms with Gasteiger partial charge in [0, 0.05) is 24.3 Å². The molecule has 0 atom stereocenters. The van der Waals surface area contributed by atoms with Crippen LogP contribution < -0.4 is 16.4 Å². The van der Waals surface area contributed by atoms with Crippen molar-refractivity contribution in [2.75, 3.05) is 16.4 Å². The number of anilines is 4. The highest BCUT2D eigenvalue weighted by atomic mass is 32.1. The maximum atomic E-state index is 12.6. The molecule has 4 N–H and O–H groups in total. The number of para-hydroxylation sites is 2. The molecule has 5 heterocycles. The van der Waals surface area contributed by atoms with E-state index in [4.69, 9.17) is 5.73 Å². The molecular weight excluding hydrogens is 492 g/mol. The number of nitrogens with zero attached hydrogens (tertiary/aromatic N) is 5. The Kier molecular flexibility index (Phi) is 5.68. The zero-order chi connectivity index (χ0) is 24.5. The minimum atomic E-state index is -0.207. The Morgan fingerprint density at radius 3 is 2.78 bits per heavy atom. The summed E-state index contributed by atoms with van der Waals surface area (Å²) in [4.78, 5) is 27.5. The summed E-state index contributed by atoms with van der Waals surface area (Å²) in [5, 5.41) is 7.72. The minimum absolute atomic E-state index is 0.207. The first-order valence-corrected chi connectivity index (χ1v) is 12.7. The average molecular weight is 513 g/mol. The van der Waals surface area contributed by atoms with E-state index >= 15 is 0 Å². The van der Waals surface area contributed by atoms with Crippen molar-refractivity contribution in [1.29, 1.82) is 0 Å². The number of fused-ring (bicyclic) bond motifs is 1. The van der Waals surface area contributed by atoms with Gasteiger partial charge in [-0.2, -0.15) is 0 Å². The molecule has 0 fully saturated rings. The molecule has 9 nitrogen and oxygen atoms in total. The number of imidazole rings is 2. The fraction of sp³-hybridized carbons (Fsp3) is 0.0400. The van der Waals surface area contributed by atoms with Gasteiger partial charge in [0.1, 0.15) is 5.65 Å². The summed E-state index contributed by atoms with van der Waals surface area (Å²) in [7, 11) is 0. The number of pyridine rings is 1. The van der Waals surface area contributed by atoms with Crippen LogP contribution in [0.2, 0.25) is 0 Å². The van der Waals surface area contributed by atoms with Crippen molar-refractivity contribution < 1.29 is 4.79 Å². The van der Waals surface area contributed by atoms with Crippen LogP contribution in [0.15, 0.2) is 85.7 Å². The standard InChI is InChI=1S/C25H20N8OS2/c26-17-5-1-2-6-18(17)30-24(34)20-8-9-23(35-20)31-25-29-13-21(36-25)19-12-28-22-7-3-4-16(33(19)22)14-32-11-10-27-15-32/h1-13,15H,14,26H2,(H,29,31)(H,30,34). The summed E-state index contributed by atoms with van der Waals surface area (Å²) in [5.41, 5.74) is 9.99. The number of hydrogen-bond acceptors (Lipinski definition) is 8. The van der Waals surface area contributed by atoms with E-state index < -0.39 is 0 Å². The summed E-state index contributed by atoms with van der Waals surface area (Å²) in [6, 6.07) is 16.9. The number of amides is 1. The zero-order valence-corrected chi connectivity index (χ0v) is 20.5. The third-order valence-corrected chi connectivity index (χ3v) is 7.48. The molecule has 11 heteroatoms. The molecule has 178 valence electrons. The molecule has 0 saturated heterocycles. The molecule has 36 heavy (non-hydrogen) atoms. The van der Waals surface area contributed by atoms with E-state index in [1.54, 1.807) is 30.7 Å². The van der Waals surface area contributed by atoms with Gasteiger partial charge < -0.3 is 20.9 Å². The molecule has 1 amide bonds. The van der Waals surface area contributed by atoms with Crippen LogP contribution in [0.4, 0.5) is 21.5 Å². The second kappa shape index (κ2) is 9.29. The largest absolute Gasteiger partial charge is 0.397 e. The van der Waals surface area contributed by atoms with Crippen LogP contribution in [-0.4, -0.2) is 29.8 Å². The van der Waals surface area contributed by atoms with Crippen molar-refractivity contribution >= 4 is 55.7 Å². The first-order valence-electron chi connectivity index (χ1n) is 11.0. The van der Waals surface area contributed by atoms with Crippen LogP contribution in [0.5, 0.6) is 0 Å². The Bertz CT molecular complexity index is 1660. The molecule has 0 aliphatic rings. The highest BCUT2D eigenvalue weighted by Crippen LogP contribution is 2.34. The van der Waals surface area contributed by atoms with Gasteiger partial charge in [-0.25, -0.2) is 15.0 Å². The summed E-state index contributed by atoms with van der Waals surface area (Å²) < 4.78 is 4.16. The van der Waals surface area contributed by atoms with E-state index in [1.807, 2.05) is 53.5 Å².